The Balaban J connectivity index is 4.01. The molecule has 0 spiro atoms. The maximum atomic E-state index is 10.2. The molecule has 0 amide bonds. The van der Waals surface area contributed by atoms with Gasteiger partial charge in [0.05, 0.1) is 5.75 Å². The number of hydrogen-bond donors (Lipinski definition) is 0. The van der Waals surface area contributed by atoms with Crippen LogP contribution in [0.15, 0.2) is 0 Å². The Hall–Kier alpha value is -0.760. The highest BCUT2D eigenvalue weighted by Gasteiger charge is 2.04. The smallest absolute Gasteiger partial charge is 0.302 e. The van der Waals surface area contributed by atoms with E-state index < -0.39 is 10.1 Å². The molecule has 0 radical (unpaired) electrons. The van der Waals surface area contributed by atoms with E-state index in [2.05, 4.69) is 4.18 Å². The molecule has 0 aliphatic carbocycles. The molecule has 0 bridgehead atoms. The summed E-state index contributed by atoms with van der Waals surface area (Å²) in [5.41, 5.74) is 0. The lowest BCUT2D eigenvalue weighted by atomic mass is 11.0. The molecule has 0 aromatic carbocycles. The van der Waals surface area contributed by atoms with E-state index in [0.717, 1.165) is 6.26 Å². The largest absolute Gasteiger partial charge is 0.318 e. The van der Waals surface area contributed by atoms with Crippen LogP contribution in [-0.2, 0) is 14.3 Å². The predicted octanol–water partition coefficient (Wildman–Crippen LogP) is -0.166. The minimum Gasteiger partial charge on any atom is -0.302 e. The van der Waals surface area contributed by atoms with E-state index in [4.69, 9.17) is 5.26 Å². The molecule has 46 valence electrons. The van der Waals surface area contributed by atoms with Gasteiger partial charge in [-0.2, -0.15) is 8.42 Å². The topological polar surface area (TPSA) is 67.2 Å². The highest BCUT2D eigenvalue weighted by atomic mass is 32.2. The molecule has 0 aliphatic rings. The van der Waals surface area contributed by atoms with Crippen molar-refractivity contribution in [3.63, 3.8) is 0 Å². The third kappa shape index (κ3) is 2.42. The predicted molar refractivity (Wildman–Crippen MR) is 26.2 cm³/mol. The number of nitriles is 1. The van der Waals surface area contributed by atoms with Gasteiger partial charge in [0.2, 0.25) is 0 Å². The summed E-state index contributed by atoms with van der Waals surface area (Å²) in [7, 11) is -3.53. The summed E-state index contributed by atoms with van der Waals surface area (Å²) in [5, 5.41) is 7.68. The molecule has 8 heavy (non-hydrogen) atoms. The van der Waals surface area contributed by atoms with Crippen molar-refractivity contribution in [3.05, 3.63) is 0 Å². The van der Waals surface area contributed by atoms with Gasteiger partial charge in [0.15, 0.2) is 0 Å². The van der Waals surface area contributed by atoms with Gasteiger partial charge in [-0.3, -0.25) is 0 Å². The fourth-order valence-electron chi connectivity index (χ4n) is 0.116. The Morgan fingerprint density at radius 3 is 2.38 bits per heavy atom. The summed E-state index contributed by atoms with van der Waals surface area (Å²) in [5.74, 6) is -0.166. The van der Waals surface area contributed by atoms with Crippen molar-refractivity contribution < 1.29 is 12.6 Å². The molecule has 0 saturated carbocycles. The van der Waals surface area contributed by atoms with Gasteiger partial charge in [-0.05, 0) is 6.92 Å². The number of nitrogens with zero attached hydrogens (tertiary/aromatic N) is 1. The Bertz CT molecular complexity index is 187. The summed E-state index contributed by atoms with van der Waals surface area (Å²) in [6.07, 6.45) is 1.07. The van der Waals surface area contributed by atoms with Crippen LogP contribution >= 0.6 is 0 Å². The molecule has 0 aliphatic heterocycles. The molecular weight excluding hydrogens is 130 g/mol. The lowest BCUT2D eigenvalue weighted by Gasteiger charge is -1.89. The highest BCUT2D eigenvalue weighted by molar-refractivity contribution is 7.86. The van der Waals surface area contributed by atoms with Crippen LogP contribution in [0.1, 0.15) is 6.92 Å². The van der Waals surface area contributed by atoms with Crippen molar-refractivity contribution in [3.8, 4) is 6.26 Å². The van der Waals surface area contributed by atoms with Gasteiger partial charge >= 0.3 is 16.4 Å². The lowest BCUT2D eigenvalue weighted by molar-refractivity contribution is 0.460. The second-order valence-electron chi connectivity index (χ2n) is 1.02. The van der Waals surface area contributed by atoms with E-state index in [1.54, 1.807) is 0 Å². The third-order valence-electron chi connectivity index (χ3n) is 0.518. The zero-order valence-corrected chi connectivity index (χ0v) is 5.10. The normalized spacial score (nSPS) is 10.0. The van der Waals surface area contributed by atoms with Crippen molar-refractivity contribution in [1.29, 1.82) is 5.26 Å². The third-order valence-corrected chi connectivity index (χ3v) is 1.55. The zero-order valence-electron chi connectivity index (χ0n) is 4.29. The SMILES string of the molecule is CCS(=O)(=O)OC#N. The molecule has 0 heterocycles. The van der Waals surface area contributed by atoms with E-state index in [0.29, 0.717) is 0 Å². The van der Waals surface area contributed by atoms with Gasteiger partial charge in [0.25, 0.3) is 0 Å². The number of hydrogen-bond acceptors (Lipinski definition) is 4. The van der Waals surface area contributed by atoms with Crippen LogP contribution in [0.4, 0.5) is 0 Å². The minimum absolute atomic E-state index is 0.166. The first-order chi connectivity index (χ1) is 3.62. The van der Waals surface area contributed by atoms with Crippen LogP contribution in [0, 0.1) is 11.5 Å². The summed E-state index contributed by atoms with van der Waals surface area (Å²) >= 11 is 0. The van der Waals surface area contributed by atoms with Crippen LogP contribution in [-0.4, -0.2) is 14.2 Å². The number of rotatable bonds is 2. The fourth-order valence-corrected chi connectivity index (χ4v) is 0.347. The average molecular weight is 135 g/mol. The Kier molecular flexibility index (Phi) is 2.28. The van der Waals surface area contributed by atoms with E-state index in [1.165, 1.54) is 6.92 Å². The van der Waals surface area contributed by atoms with Crippen molar-refractivity contribution in [2.75, 3.05) is 5.75 Å². The average Bonchev–Trinajstić information content (AvgIpc) is 1.67. The molecule has 0 rings (SSSR count). The summed E-state index contributed by atoms with van der Waals surface area (Å²) in [6.45, 7) is 1.40. The van der Waals surface area contributed by atoms with Gasteiger partial charge in [-0.1, -0.05) is 0 Å². The van der Waals surface area contributed by atoms with Gasteiger partial charge < -0.3 is 4.18 Å². The van der Waals surface area contributed by atoms with Crippen molar-refractivity contribution in [1.82, 2.24) is 0 Å². The molecule has 0 N–H and O–H groups in total. The molecule has 0 saturated heterocycles. The van der Waals surface area contributed by atoms with Crippen molar-refractivity contribution in [2.24, 2.45) is 0 Å². The molecule has 4 nitrogen and oxygen atoms in total. The van der Waals surface area contributed by atoms with E-state index in [1.807, 2.05) is 0 Å². The van der Waals surface area contributed by atoms with Crippen LogP contribution in [0.2, 0.25) is 0 Å². The molecule has 0 fully saturated rings. The second-order valence-corrected chi connectivity index (χ2v) is 2.88. The van der Waals surface area contributed by atoms with Crippen LogP contribution in [0.5, 0.6) is 0 Å². The monoisotopic (exact) mass is 135 g/mol. The Morgan fingerprint density at radius 1 is 1.75 bits per heavy atom. The fraction of sp³-hybridized carbons (Fsp3) is 0.667. The standard InChI is InChI=1S/C3H5NO3S/c1-2-8(5,6)7-3-4/h2H2,1H3. The van der Waals surface area contributed by atoms with Gasteiger partial charge in [0.1, 0.15) is 0 Å². The first-order valence-electron chi connectivity index (χ1n) is 1.92. The maximum absolute atomic E-state index is 10.2. The summed E-state index contributed by atoms with van der Waals surface area (Å²) < 4.78 is 24.0. The Morgan fingerprint density at radius 2 is 2.25 bits per heavy atom. The van der Waals surface area contributed by atoms with E-state index in [9.17, 15) is 8.42 Å². The van der Waals surface area contributed by atoms with Crippen molar-refractivity contribution >= 4 is 10.1 Å². The zero-order chi connectivity index (χ0) is 6.62. The van der Waals surface area contributed by atoms with Crippen molar-refractivity contribution in [2.45, 2.75) is 6.92 Å². The minimum atomic E-state index is -3.53. The summed E-state index contributed by atoms with van der Waals surface area (Å²) in [6, 6.07) is 0. The van der Waals surface area contributed by atoms with E-state index >= 15 is 0 Å². The highest BCUT2D eigenvalue weighted by Crippen LogP contribution is 1.87. The summed E-state index contributed by atoms with van der Waals surface area (Å²) in [4.78, 5) is 0. The molecular formula is C3H5NO3S. The van der Waals surface area contributed by atoms with Crippen LogP contribution < -0.4 is 0 Å². The molecule has 0 aromatic rings. The van der Waals surface area contributed by atoms with Crippen LogP contribution in [0.3, 0.4) is 0 Å². The lowest BCUT2D eigenvalue weighted by Crippen LogP contribution is -2.03. The molecule has 0 unspecified atom stereocenters. The van der Waals surface area contributed by atoms with Crippen LogP contribution in [0.25, 0.3) is 0 Å². The quantitative estimate of drug-likeness (QED) is 0.389. The molecule has 5 heteroatoms. The second kappa shape index (κ2) is 2.52. The molecule has 0 atom stereocenters. The first kappa shape index (κ1) is 7.24. The molecule has 0 aromatic heterocycles. The van der Waals surface area contributed by atoms with Gasteiger partial charge in [-0.15, -0.1) is 5.26 Å². The first-order valence-corrected chi connectivity index (χ1v) is 3.50. The Labute approximate surface area is 47.8 Å². The maximum Gasteiger partial charge on any atom is 0.318 e. The van der Waals surface area contributed by atoms with Gasteiger partial charge in [0, 0.05) is 0 Å². The van der Waals surface area contributed by atoms with E-state index in [-0.39, 0.29) is 5.75 Å². The van der Waals surface area contributed by atoms with Gasteiger partial charge in [-0.25, -0.2) is 0 Å².